The van der Waals surface area contributed by atoms with Gasteiger partial charge in [-0.15, -0.1) is 0 Å². The second kappa shape index (κ2) is 5.20. The van der Waals surface area contributed by atoms with Crippen LogP contribution < -0.4 is 5.73 Å². The van der Waals surface area contributed by atoms with Crippen molar-refractivity contribution in [2.24, 2.45) is 5.73 Å². The van der Waals surface area contributed by atoms with Gasteiger partial charge in [0.05, 0.1) is 6.04 Å². The molecule has 1 unspecified atom stereocenters. The highest BCUT2D eigenvalue weighted by molar-refractivity contribution is 9.10. The number of hydrogen-bond donors (Lipinski definition) is 1. The molecule has 3 aromatic rings. The Morgan fingerprint density at radius 3 is 2.33 bits per heavy atom. The molecule has 2 N–H and O–H groups in total. The summed E-state index contributed by atoms with van der Waals surface area (Å²) in [7, 11) is 0. The van der Waals surface area contributed by atoms with Crippen LogP contribution in [0.25, 0.3) is 11.0 Å². The van der Waals surface area contributed by atoms with Gasteiger partial charge in [-0.25, -0.2) is 13.2 Å². The largest absolute Gasteiger partial charge is 0.459 e. The average Bonchev–Trinajstić information content (AvgIpc) is 2.80. The first-order chi connectivity index (χ1) is 9.95. The molecular formula is C15H9BrF3NO. The number of benzene rings is 2. The fourth-order valence-electron chi connectivity index (χ4n) is 2.18. The molecule has 0 amide bonds. The van der Waals surface area contributed by atoms with Gasteiger partial charge in [0.2, 0.25) is 0 Å². The van der Waals surface area contributed by atoms with Gasteiger partial charge in [-0.1, -0.05) is 15.9 Å². The van der Waals surface area contributed by atoms with E-state index in [4.69, 9.17) is 10.2 Å². The summed E-state index contributed by atoms with van der Waals surface area (Å²) in [6, 6.07) is 6.56. The van der Waals surface area contributed by atoms with Crippen molar-refractivity contribution in [2.75, 3.05) is 0 Å². The Morgan fingerprint density at radius 1 is 1.00 bits per heavy atom. The molecule has 108 valence electrons. The number of halogens is 4. The van der Waals surface area contributed by atoms with E-state index in [2.05, 4.69) is 15.9 Å². The second-order valence-electron chi connectivity index (χ2n) is 4.59. The van der Waals surface area contributed by atoms with Gasteiger partial charge in [0, 0.05) is 15.4 Å². The topological polar surface area (TPSA) is 39.2 Å². The van der Waals surface area contributed by atoms with Gasteiger partial charge in [-0.05, 0) is 36.4 Å². The molecule has 21 heavy (non-hydrogen) atoms. The first-order valence-electron chi connectivity index (χ1n) is 6.04. The van der Waals surface area contributed by atoms with Crippen LogP contribution in [0.1, 0.15) is 17.4 Å². The molecule has 3 rings (SSSR count). The summed E-state index contributed by atoms with van der Waals surface area (Å²) in [6.07, 6.45) is 0. The molecule has 0 fully saturated rings. The van der Waals surface area contributed by atoms with Crippen molar-refractivity contribution in [2.45, 2.75) is 6.04 Å². The van der Waals surface area contributed by atoms with Crippen LogP contribution in [-0.2, 0) is 0 Å². The zero-order valence-corrected chi connectivity index (χ0v) is 12.1. The van der Waals surface area contributed by atoms with Crippen LogP contribution in [0.5, 0.6) is 0 Å². The Hall–Kier alpha value is -1.79. The standard InChI is InChI=1S/C15H9BrF3NO/c16-8-5-10(18)14(11(19)6-8)15(20)13-4-7-3-9(17)1-2-12(7)21-13/h1-6,15H,20H2. The van der Waals surface area contributed by atoms with Crippen LogP contribution in [0.15, 0.2) is 45.3 Å². The van der Waals surface area contributed by atoms with Gasteiger partial charge >= 0.3 is 0 Å². The quantitative estimate of drug-likeness (QED) is 0.725. The zero-order chi connectivity index (χ0) is 15.1. The van der Waals surface area contributed by atoms with E-state index in [0.717, 1.165) is 12.1 Å². The summed E-state index contributed by atoms with van der Waals surface area (Å²) >= 11 is 3.00. The molecule has 0 saturated heterocycles. The lowest BCUT2D eigenvalue weighted by Crippen LogP contribution is -2.15. The molecule has 0 bridgehead atoms. The van der Waals surface area contributed by atoms with E-state index in [1.54, 1.807) is 0 Å². The molecule has 0 spiro atoms. The SMILES string of the molecule is NC(c1cc2cc(F)ccc2o1)c1c(F)cc(Br)cc1F. The molecule has 2 nitrogen and oxygen atoms in total. The predicted molar refractivity (Wildman–Crippen MR) is 76.3 cm³/mol. The molecule has 1 heterocycles. The first-order valence-corrected chi connectivity index (χ1v) is 6.84. The highest BCUT2D eigenvalue weighted by atomic mass is 79.9. The Kier molecular flexibility index (Phi) is 3.51. The molecule has 0 aliphatic rings. The molecule has 1 atom stereocenters. The van der Waals surface area contributed by atoms with Gasteiger partial charge in [-0.3, -0.25) is 0 Å². The summed E-state index contributed by atoms with van der Waals surface area (Å²) in [6.45, 7) is 0. The van der Waals surface area contributed by atoms with Gasteiger partial charge in [0.1, 0.15) is 28.8 Å². The maximum atomic E-state index is 13.9. The highest BCUT2D eigenvalue weighted by Crippen LogP contribution is 2.31. The van der Waals surface area contributed by atoms with Crippen LogP contribution in [0.4, 0.5) is 13.2 Å². The van der Waals surface area contributed by atoms with Gasteiger partial charge in [-0.2, -0.15) is 0 Å². The number of fused-ring (bicyclic) bond motifs is 1. The van der Waals surface area contributed by atoms with Crippen molar-refractivity contribution in [3.63, 3.8) is 0 Å². The Morgan fingerprint density at radius 2 is 1.67 bits per heavy atom. The molecule has 0 saturated carbocycles. The number of furan rings is 1. The Bertz CT molecular complexity index is 808. The van der Waals surface area contributed by atoms with E-state index in [1.165, 1.54) is 24.3 Å². The smallest absolute Gasteiger partial charge is 0.134 e. The van der Waals surface area contributed by atoms with E-state index < -0.39 is 23.5 Å². The van der Waals surface area contributed by atoms with E-state index in [9.17, 15) is 13.2 Å². The molecule has 0 aliphatic heterocycles. The van der Waals surface area contributed by atoms with Crippen molar-refractivity contribution in [3.05, 3.63) is 69.6 Å². The molecular weight excluding hydrogens is 347 g/mol. The van der Waals surface area contributed by atoms with E-state index in [0.29, 0.717) is 11.0 Å². The van der Waals surface area contributed by atoms with Crippen LogP contribution in [-0.4, -0.2) is 0 Å². The molecule has 6 heteroatoms. The lowest BCUT2D eigenvalue weighted by molar-refractivity contribution is 0.487. The normalized spacial score (nSPS) is 12.8. The zero-order valence-electron chi connectivity index (χ0n) is 10.5. The van der Waals surface area contributed by atoms with Crippen molar-refractivity contribution in [1.29, 1.82) is 0 Å². The summed E-state index contributed by atoms with van der Waals surface area (Å²) < 4.78 is 46.7. The van der Waals surface area contributed by atoms with Crippen LogP contribution in [0.2, 0.25) is 0 Å². The number of rotatable bonds is 2. The van der Waals surface area contributed by atoms with Gasteiger partial charge in [0.15, 0.2) is 0 Å². The second-order valence-corrected chi connectivity index (χ2v) is 5.51. The lowest BCUT2D eigenvalue weighted by Gasteiger charge is -2.11. The third-order valence-corrected chi connectivity index (χ3v) is 3.62. The summed E-state index contributed by atoms with van der Waals surface area (Å²) in [4.78, 5) is 0. The summed E-state index contributed by atoms with van der Waals surface area (Å²) in [5.41, 5.74) is 6.00. The maximum absolute atomic E-state index is 13.9. The van der Waals surface area contributed by atoms with E-state index in [-0.39, 0.29) is 15.8 Å². The highest BCUT2D eigenvalue weighted by Gasteiger charge is 2.22. The monoisotopic (exact) mass is 355 g/mol. The van der Waals surface area contributed by atoms with Crippen molar-refractivity contribution in [1.82, 2.24) is 0 Å². The molecule has 0 radical (unpaired) electrons. The van der Waals surface area contributed by atoms with Crippen LogP contribution >= 0.6 is 15.9 Å². The molecule has 1 aromatic heterocycles. The van der Waals surface area contributed by atoms with Gasteiger partial charge in [0.25, 0.3) is 0 Å². The number of hydrogen-bond acceptors (Lipinski definition) is 2. The third-order valence-electron chi connectivity index (χ3n) is 3.16. The minimum Gasteiger partial charge on any atom is -0.459 e. The van der Waals surface area contributed by atoms with Crippen LogP contribution in [0.3, 0.4) is 0 Å². The third kappa shape index (κ3) is 2.56. The minimum atomic E-state index is -1.12. The lowest BCUT2D eigenvalue weighted by atomic mass is 10.0. The Balaban J connectivity index is 2.10. The minimum absolute atomic E-state index is 0.163. The fraction of sp³-hybridized carbons (Fsp3) is 0.0667. The summed E-state index contributed by atoms with van der Waals surface area (Å²) in [5.74, 6) is -1.82. The van der Waals surface area contributed by atoms with Gasteiger partial charge < -0.3 is 10.2 Å². The summed E-state index contributed by atoms with van der Waals surface area (Å²) in [5, 5.41) is 0.485. The van der Waals surface area contributed by atoms with Crippen LogP contribution in [0, 0.1) is 17.5 Å². The fourth-order valence-corrected chi connectivity index (χ4v) is 2.58. The van der Waals surface area contributed by atoms with E-state index in [1.807, 2.05) is 0 Å². The van der Waals surface area contributed by atoms with Crippen molar-refractivity contribution >= 4 is 26.9 Å². The predicted octanol–water partition coefficient (Wildman–Crippen LogP) is 4.66. The molecule has 2 aromatic carbocycles. The maximum Gasteiger partial charge on any atom is 0.134 e. The Labute approximate surface area is 126 Å². The first kappa shape index (κ1) is 14.2. The van der Waals surface area contributed by atoms with Crippen molar-refractivity contribution < 1.29 is 17.6 Å². The van der Waals surface area contributed by atoms with Crippen molar-refractivity contribution in [3.8, 4) is 0 Å². The average molecular weight is 356 g/mol. The van der Waals surface area contributed by atoms with E-state index >= 15 is 0 Å². The molecule has 0 aliphatic carbocycles. The number of nitrogens with two attached hydrogens (primary N) is 1.